The van der Waals surface area contributed by atoms with Gasteiger partial charge < -0.3 is 19.4 Å². The lowest BCUT2D eigenvalue weighted by molar-refractivity contribution is -0.129. The molecule has 5 rings (SSSR count). The van der Waals surface area contributed by atoms with Gasteiger partial charge in [0, 0.05) is 36.6 Å². The van der Waals surface area contributed by atoms with Crippen molar-refractivity contribution in [1.29, 1.82) is 0 Å². The smallest absolute Gasteiger partial charge is 0.343 e. The van der Waals surface area contributed by atoms with Gasteiger partial charge in [-0.1, -0.05) is 24.3 Å². The topological polar surface area (TPSA) is 133 Å². The van der Waals surface area contributed by atoms with Gasteiger partial charge in [-0.2, -0.15) is 8.42 Å². The van der Waals surface area contributed by atoms with Crippen molar-refractivity contribution in [3.63, 3.8) is 0 Å². The summed E-state index contributed by atoms with van der Waals surface area (Å²) in [6, 6.07) is 17.7. The molecule has 0 spiro atoms. The third-order valence-corrected chi connectivity index (χ3v) is 7.98. The lowest BCUT2D eigenvalue weighted by Gasteiger charge is -2.27. The Labute approximate surface area is 236 Å². The minimum absolute atomic E-state index is 0.0281. The molecule has 210 valence electrons. The Morgan fingerprint density at radius 2 is 1.63 bits per heavy atom. The number of hydrogen-bond acceptors (Lipinski definition) is 9. The lowest BCUT2D eigenvalue weighted by Crippen LogP contribution is -2.41. The fourth-order valence-electron chi connectivity index (χ4n) is 4.58. The van der Waals surface area contributed by atoms with E-state index in [1.165, 1.54) is 87.0 Å². The summed E-state index contributed by atoms with van der Waals surface area (Å²) >= 11 is 0. The van der Waals surface area contributed by atoms with Gasteiger partial charge in [0.05, 0.1) is 14.2 Å². The maximum absolute atomic E-state index is 14.9. The number of pyridine rings is 1. The predicted molar refractivity (Wildman–Crippen MR) is 149 cm³/mol. The average Bonchev–Trinajstić information content (AvgIpc) is 3.22. The summed E-state index contributed by atoms with van der Waals surface area (Å²) in [5.41, 5.74) is 5.88. The van der Waals surface area contributed by atoms with Crippen LogP contribution in [0.2, 0.25) is 0 Å². The van der Waals surface area contributed by atoms with Crippen molar-refractivity contribution in [3.05, 3.63) is 102 Å². The normalized spacial score (nSPS) is 16.8. The molecule has 0 radical (unpaired) electrons. The van der Waals surface area contributed by atoms with Gasteiger partial charge in [0.25, 0.3) is 5.91 Å². The third-order valence-electron chi connectivity index (χ3n) is 6.71. The Bertz CT molecular complexity index is 1760. The number of rotatable bonds is 8. The molecule has 1 aromatic heterocycles. The van der Waals surface area contributed by atoms with Crippen LogP contribution in [0.15, 0.2) is 95.1 Å². The number of carbonyl (C=O) groups is 1. The first-order valence-corrected chi connectivity index (χ1v) is 13.6. The number of benzene rings is 3. The number of nitrogens with zero attached hydrogens (tertiary/aromatic N) is 3. The van der Waals surface area contributed by atoms with E-state index >= 15 is 0 Å². The average molecular weight is 577 g/mol. The van der Waals surface area contributed by atoms with Gasteiger partial charge in [0.15, 0.2) is 16.4 Å². The van der Waals surface area contributed by atoms with Crippen LogP contribution in [-0.2, 0) is 20.5 Å². The van der Waals surface area contributed by atoms with Crippen LogP contribution in [-0.4, -0.2) is 51.4 Å². The highest BCUT2D eigenvalue weighted by molar-refractivity contribution is 7.87. The molecule has 0 saturated carbocycles. The predicted octanol–water partition coefficient (Wildman–Crippen LogP) is 3.70. The van der Waals surface area contributed by atoms with Crippen LogP contribution in [0.25, 0.3) is 11.1 Å². The van der Waals surface area contributed by atoms with Crippen LogP contribution in [0.4, 0.5) is 4.39 Å². The molecule has 0 bridgehead atoms. The summed E-state index contributed by atoms with van der Waals surface area (Å²) in [7, 11) is -0.0989. The Morgan fingerprint density at radius 1 is 0.927 bits per heavy atom. The van der Waals surface area contributed by atoms with Gasteiger partial charge in [-0.3, -0.25) is 14.7 Å². The van der Waals surface area contributed by atoms with Crippen LogP contribution in [0.5, 0.6) is 17.2 Å². The first kappa shape index (κ1) is 27.6. The molecule has 1 atom stereocenters. The number of nitrogens with two attached hydrogens (primary N) is 1. The molecule has 1 unspecified atom stereocenters. The minimum atomic E-state index is -4.33. The lowest BCUT2D eigenvalue weighted by atomic mass is 9.81. The Balaban J connectivity index is 1.56. The van der Waals surface area contributed by atoms with E-state index in [0.717, 1.165) is 0 Å². The van der Waals surface area contributed by atoms with Crippen molar-refractivity contribution in [3.8, 4) is 28.4 Å². The zero-order chi connectivity index (χ0) is 29.4. The van der Waals surface area contributed by atoms with E-state index in [1.807, 2.05) is 0 Å². The van der Waals surface area contributed by atoms with Crippen molar-refractivity contribution in [2.75, 3.05) is 21.3 Å². The molecule has 3 aromatic carbocycles. The Morgan fingerprint density at radius 3 is 2.24 bits per heavy atom. The first-order valence-electron chi connectivity index (χ1n) is 12.2. The molecule has 10 nitrogen and oxygen atoms in total. The van der Waals surface area contributed by atoms with Gasteiger partial charge in [-0.15, -0.1) is 0 Å². The summed E-state index contributed by atoms with van der Waals surface area (Å²) < 4.78 is 56.8. The summed E-state index contributed by atoms with van der Waals surface area (Å²) in [6.07, 6.45) is 3.08. The Hall–Kier alpha value is -4.97. The van der Waals surface area contributed by atoms with Gasteiger partial charge in [-0.25, -0.2) is 9.38 Å². The summed E-state index contributed by atoms with van der Waals surface area (Å²) in [5, 5.41) is 0. The summed E-state index contributed by atoms with van der Waals surface area (Å²) in [4.78, 5) is 23.2. The number of halogens is 1. The molecule has 1 amide bonds. The van der Waals surface area contributed by atoms with E-state index < -0.39 is 27.4 Å². The maximum atomic E-state index is 14.9. The van der Waals surface area contributed by atoms with Gasteiger partial charge in [-0.05, 0) is 53.6 Å². The van der Waals surface area contributed by atoms with E-state index in [2.05, 4.69) is 9.98 Å². The molecule has 1 aliphatic rings. The van der Waals surface area contributed by atoms with Crippen molar-refractivity contribution in [1.82, 2.24) is 9.88 Å². The third kappa shape index (κ3) is 4.82. The zero-order valence-corrected chi connectivity index (χ0v) is 23.1. The minimum Gasteiger partial charge on any atom is -0.497 e. The standard InChI is InChI=1S/C29H25FN4O6S/c1-34-27(35)29(33-28(34)31,20-8-12-24(30)23(15-20)18-5-4-14-32-17-18)19-6-9-21(10-7-19)40-41(36,37)26-16-22(38-2)11-13-25(26)39-3/h4-17H,1-3H3,(H2,31,33). The van der Waals surface area contributed by atoms with Crippen LogP contribution in [0.3, 0.4) is 0 Å². The molecular weight excluding hydrogens is 551 g/mol. The molecule has 0 saturated heterocycles. The van der Waals surface area contributed by atoms with Gasteiger partial charge >= 0.3 is 10.1 Å². The van der Waals surface area contributed by atoms with Crippen LogP contribution < -0.4 is 19.4 Å². The first-order chi connectivity index (χ1) is 19.6. The van der Waals surface area contributed by atoms with E-state index in [9.17, 15) is 17.6 Å². The molecule has 1 aliphatic heterocycles. The zero-order valence-electron chi connectivity index (χ0n) is 22.2. The number of likely N-dealkylation sites (N-methyl/N-ethyl adjacent to an activating group) is 1. The van der Waals surface area contributed by atoms with Gasteiger partial charge in [0.1, 0.15) is 23.1 Å². The summed E-state index contributed by atoms with van der Waals surface area (Å²) in [5.74, 6) is -0.660. The number of methoxy groups -OCH3 is 2. The second-order valence-corrected chi connectivity index (χ2v) is 10.6. The quantitative estimate of drug-likeness (QED) is 0.314. The number of guanidine groups is 1. The van der Waals surface area contributed by atoms with E-state index in [0.29, 0.717) is 22.4 Å². The molecule has 41 heavy (non-hydrogen) atoms. The largest absolute Gasteiger partial charge is 0.497 e. The Kier molecular flexibility index (Phi) is 7.09. The second-order valence-electron chi connectivity index (χ2n) is 9.06. The molecule has 0 aliphatic carbocycles. The van der Waals surface area contributed by atoms with Crippen LogP contribution >= 0.6 is 0 Å². The highest BCUT2D eigenvalue weighted by atomic mass is 32.2. The number of carbonyl (C=O) groups excluding carboxylic acids is 1. The summed E-state index contributed by atoms with van der Waals surface area (Å²) in [6.45, 7) is 0. The van der Waals surface area contributed by atoms with Crippen LogP contribution in [0, 0.1) is 5.82 Å². The number of ether oxygens (including phenoxy) is 2. The van der Waals surface area contributed by atoms with E-state index in [-0.39, 0.29) is 27.9 Å². The molecular formula is C29H25FN4O6S. The second kappa shape index (κ2) is 10.5. The maximum Gasteiger partial charge on any atom is 0.343 e. The molecule has 4 aromatic rings. The number of hydrogen-bond donors (Lipinski definition) is 1. The number of amides is 1. The molecule has 2 heterocycles. The molecule has 0 fully saturated rings. The van der Waals surface area contributed by atoms with Crippen LogP contribution in [0.1, 0.15) is 11.1 Å². The van der Waals surface area contributed by atoms with Crippen molar-refractivity contribution < 1.29 is 31.3 Å². The monoisotopic (exact) mass is 576 g/mol. The van der Waals surface area contributed by atoms with E-state index in [4.69, 9.17) is 19.4 Å². The fraction of sp³-hybridized carbons (Fsp3) is 0.138. The van der Waals surface area contributed by atoms with Crippen molar-refractivity contribution in [2.24, 2.45) is 10.7 Å². The molecule has 12 heteroatoms. The highest BCUT2D eigenvalue weighted by Crippen LogP contribution is 2.42. The van der Waals surface area contributed by atoms with E-state index in [1.54, 1.807) is 24.4 Å². The van der Waals surface area contributed by atoms with Crippen molar-refractivity contribution >= 4 is 22.0 Å². The molecule has 2 N–H and O–H groups in total. The highest BCUT2D eigenvalue weighted by Gasteiger charge is 2.49. The fourth-order valence-corrected chi connectivity index (χ4v) is 5.69. The SMILES string of the molecule is COc1ccc(OC)c(S(=O)(=O)Oc2ccc(C3(c4ccc(F)c(-c5cccnc5)c4)N=C(N)N(C)C3=O)cc2)c1. The van der Waals surface area contributed by atoms with Crippen molar-refractivity contribution in [2.45, 2.75) is 10.4 Å². The van der Waals surface area contributed by atoms with Gasteiger partial charge in [0.2, 0.25) is 0 Å². The number of aromatic nitrogens is 1. The number of aliphatic imine (C=N–C) groups is 1.